The van der Waals surface area contributed by atoms with Crippen molar-refractivity contribution in [3.8, 4) is 27.9 Å². The van der Waals surface area contributed by atoms with Crippen molar-refractivity contribution in [2.45, 2.75) is 46.3 Å². The lowest BCUT2D eigenvalue weighted by Crippen LogP contribution is -2.36. The first-order chi connectivity index (χ1) is 16.8. The molecule has 0 radical (unpaired) electrons. The maximum Gasteiger partial charge on any atom is 0.268 e. The maximum absolute atomic E-state index is 11.1. The van der Waals surface area contributed by atoms with Gasteiger partial charge in [0.1, 0.15) is 25.1 Å². The number of aromatic nitrogens is 2. The van der Waals surface area contributed by atoms with Gasteiger partial charge in [-0.1, -0.05) is 5.16 Å². The number of rotatable bonds is 10. The molecule has 1 atom stereocenters. The van der Waals surface area contributed by atoms with Gasteiger partial charge in [-0.3, -0.25) is 9.69 Å². The van der Waals surface area contributed by atoms with Crippen LogP contribution in [0.5, 0.6) is 5.75 Å². The Hall–Kier alpha value is -2.79. The fraction of sp³-hybridized carbons (Fsp3) is 0.480. The van der Waals surface area contributed by atoms with Crippen LogP contribution in [0.4, 0.5) is 0 Å². The Morgan fingerprint density at radius 2 is 1.91 bits per heavy atom. The fourth-order valence-corrected chi connectivity index (χ4v) is 5.34. The second-order valence-electron chi connectivity index (χ2n) is 8.99. The van der Waals surface area contributed by atoms with Crippen molar-refractivity contribution in [1.82, 2.24) is 20.4 Å². The summed E-state index contributed by atoms with van der Waals surface area (Å²) in [6.45, 7) is 8.66. The topological polar surface area (TPSA) is 121 Å². The number of carbonyl (C=O) groups excluding carboxylic acids is 1. The first-order valence-corrected chi connectivity index (χ1v) is 12.6. The van der Waals surface area contributed by atoms with Gasteiger partial charge in [0.15, 0.2) is 0 Å². The maximum atomic E-state index is 11.1. The molecule has 1 aromatic carbocycles. The van der Waals surface area contributed by atoms with Gasteiger partial charge >= 0.3 is 0 Å². The Kier molecular flexibility index (Phi) is 8.17. The predicted molar refractivity (Wildman–Crippen MR) is 133 cm³/mol. The fourth-order valence-electron chi connectivity index (χ4n) is 4.20. The van der Waals surface area contributed by atoms with E-state index in [1.54, 1.807) is 11.3 Å². The minimum absolute atomic E-state index is 0.00312. The summed E-state index contributed by atoms with van der Waals surface area (Å²) in [5.41, 5.74) is 3.82. The van der Waals surface area contributed by atoms with Gasteiger partial charge in [0.05, 0.1) is 4.88 Å². The molecule has 3 N–H and O–H groups in total. The highest BCUT2D eigenvalue weighted by atomic mass is 32.1. The van der Waals surface area contributed by atoms with Gasteiger partial charge < -0.3 is 24.8 Å². The van der Waals surface area contributed by atoms with Crippen LogP contribution in [0.1, 0.15) is 34.4 Å². The molecule has 1 amide bonds. The number of nitrogens with one attached hydrogen (secondary N) is 1. The highest BCUT2D eigenvalue weighted by Gasteiger charge is 2.19. The van der Waals surface area contributed by atoms with Crippen LogP contribution < -0.4 is 10.1 Å². The average Bonchev–Trinajstić information content (AvgIpc) is 3.59. The van der Waals surface area contributed by atoms with Crippen LogP contribution in [0.2, 0.25) is 0 Å². The summed E-state index contributed by atoms with van der Waals surface area (Å²) in [7, 11) is 0. The van der Waals surface area contributed by atoms with Gasteiger partial charge in [-0.2, -0.15) is 4.98 Å². The number of aliphatic hydroxyl groups excluding tert-OH is 2. The third-order valence-electron chi connectivity index (χ3n) is 6.04. The normalized spacial score (nSPS) is 14.9. The Balaban J connectivity index is 1.43. The summed E-state index contributed by atoms with van der Waals surface area (Å²) >= 11 is 1.71. The second-order valence-corrected chi connectivity index (χ2v) is 10.1. The summed E-state index contributed by atoms with van der Waals surface area (Å²) in [5, 5.41) is 25.4. The molecule has 10 heteroatoms. The summed E-state index contributed by atoms with van der Waals surface area (Å²) < 4.78 is 11.4. The average molecular weight is 501 g/mol. The molecule has 1 aliphatic heterocycles. The zero-order valence-corrected chi connectivity index (χ0v) is 21.2. The molecule has 0 aliphatic carbocycles. The zero-order chi connectivity index (χ0) is 24.9. The molecule has 3 aromatic rings. The van der Waals surface area contributed by atoms with E-state index >= 15 is 0 Å². The predicted octanol–water partition coefficient (Wildman–Crippen LogP) is 2.83. The standard InChI is InChI=1S/C25H32N4O5S/c1-15-10-20(35-21(15)12-29-6-4-5-7-29)25-27-24(28-34-25)18-8-16(2)23(17(3)9-18)33-14-19(31)11-26-22(32)13-30/h8-10,19,30-31H,4-7,11-14H2,1-3H3,(H,26,32)/t19-/m1/s1. The van der Waals surface area contributed by atoms with Crippen LogP contribution in [-0.4, -0.2) is 70.1 Å². The number of ether oxygens (including phenoxy) is 1. The molecule has 0 spiro atoms. The Morgan fingerprint density at radius 1 is 1.20 bits per heavy atom. The van der Waals surface area contributed by atoms with Gasteiger partial charge in [-0.15, -0.1) is 11.3 Å². The van der Waals surface area contributed by atoms with Crippen LogP contribution in [0.3, 0.4) is 0 Å². The summed E-state index contributed by atoms with van der Waals surface area (Å²) in [6, 6.07) is 5.97. The molecule has 3 heterocycles. The van der Waals surface area contributed by atoms with Crippen molar-refractivity contribution < 1.29 is 24.3 Å². The SMILES string of the molecule is Cc1cc(-c2nc(-c3cc(C)c(OC[C@H](O)CNC(=O)CO)c(C)c3)no2)sc1CN1CCCC1. The van der Waals surface area contributed by atoms with E-state index in [-0.39, 0.29) is 13.2 Å². The number of aliphatic hydroxyl groups is 2. The molecular formula is C25H32N4O5S. The Morgan fingerprint density at radius 3 is 2.60 bits per heavy atom. The Bertz CT molecular complexity index is 1150. The quantitative estimate of drug-likeness (QED) is 0.389. The van der Waals surface area contributed by atoms with Crippen molar-refractivity contribution >= 4 is 17.2 Å². The highest BCUT2D eigenvalue weighted by molar-refractivity contribution is 7.15. The van der Waals surface area contributed by atoms with E-state index in [9.17, 15) is 9.90 Å². The molecule has 2 aromatic heterocycles. The van der Waals surface area contributed by atoms with Gasteiger partial charge in [-0.05, 0) is 81.6 Å². The summed E-state index contributed by atoms with van der Waals surface area (Å²) in [4.78, 5) is 20.6. The third-order valence-corrected chi connectivity index (χ3v) is 7.25. The third kappa shape index (κ3) is 6.26. The van der Waals surface area contributed by atoms with Crippen LogP contribution in [0, 0.1) is 20.8 Å². The summed E-state index contributed by atoms with van der Waals surface area (Å²) in [5.74, 6) is 1.15. The van der Waals surface area contributed by atoms with E-state index in [1.165, 1.54) is 23.3 Å². The van der Waals surface area contributed by atoms with Gasteiger partial charge in [0.2, 0.25) is 11.7 Å². The molecule has 1 fully saturated rings. The lowest BCUT2D eigenvalue weighted by atomic mass is 10.1. The molecule has 0 bridgehead atoms. The summed E-state index contributed by atoms with van der Waals surface area (Å²) in [6.07, 6.45) is 1.65. The monoisotopic (exact) mass is 500 g/mol. The van der Waals surface area contributed by atoms with Crippen LogP contribution >= 0.6 is 11.3 Å². The number of hydrogen-bond donors (Lipinski definition) is 3. The second kappa shape index (κ2) is 11.3. The van der Waals surface area contributed by atoms with Crippen LogP contribution in [0.15, 0.2) is 22.7 Å². The molecule has 4 rings (SSSR count). The molecular weight excluding hydrogens is 468 g/mol. The largest absolute Gasteiger partial charge is 0.490 e. The molecule has 1 saturated heterocycles. The van der Waals surface area contributed by atoms with Crippen LogP contribution in [-0.2, 0) is 11.3 Å². The first-order valence-electron chi connectivity index (χ1n) is 11.8. The van der Waals surface area contributed by atoms with Gasteiger partial charge in [0.25, 0.3) is 5.89 Å². The lowest BCUT2D eigenvalue weighted by Gasteiger charge is -2.16. The van der Waals surface area contributed by atoms with E-state index in [2.05, 4.69) is 33.3 Å². The van der Waals surface area contributed by atoms with E-state index in [0.29, 0.717) is 17.5 Å². The molecule has 9 nitrogen and oxygen atoms in total. The highest BCUT2D eigenvalue weighted by Crippen LogP contribution is 2.34. The van der Waals surface area contributed by atoms with E-state index in [4.69, 9.17) is 14.4 Å². The lowest BCUT2D eigenvalue weighted by molar-refractivity contribution is -0.124. The molecule has 188 valence electrons. The van der Waals surface area contributed by atoms with Crippen molar-refractivity contribution in [3.63, 3.8) is 0 Å². The number of aryl methyl sites for hydroxylation is 3. The number of likely N-dealkylation sites (tertiary alicyclic amines) is 1. The molecule has 1 aliphatic rings. The number of benzene rings is 1. The van der Waals surface area contributed by atoms with Gasteiger partial charge in [-0.25, -0.2) is 0 Å². The van der Waals surface area contributed by atoms with Crippen molar-refractivity contribution in [1.29, 1.82) is 0 Å². The number of thiophene rings is 1. The molecule has 0 saturated carbocycles. The van der Waals surface area contributed by atoms with Gasteiger partial charge in [0, 0.05) is 23.5 Å². The van der Waals surface area contributed by atoms with Crippen molar-refractivity contribution in [2.75, 3.05) is 32.8 Å². The first kappa shape index (κ1) is 25.3. The minimum Gasteiger partial charge on any atom is -0.490 e. The minimum atomic E-state index is -0.895. The van der Waals surface area contributed by atoms with Crippen LogP contribution in [0.25, 0.3) is 22.2 Å². The number of nitrogens with zero attached hydrogens (tertiary/aromatic N) is 3. The van der Waals surface area contributed by atoms with E-state index < -0.39 is 18.6 Å². The number of hydrogen-bond acceptors (Lipinski definition) is 9. The Labute approximate surface area is 208 Å². The number of carbonyl (C=O) groups is 1. The van der Waals surface area contributed by atoms with E-state index in [1.807, 2.05) is 26.0 Å². The molecule has 0 unspecified atom stereocenters. The molecule has 35 heavy (non-hydrogen) atoms. The van der Waals surface area contributed by atoms with Crippen molar-refractivity contribution in [2.24, 2.45) is 0 Å². The van der Waals surface area contributed by atoms with E-state index in [0.717, 1.165) is 41.2 Å². The number of amides is 1. The smallest absolute Gasteiger partial charge is 0.268 e. The van der Waals surface area contributed by atoms with Crippen molar-refractivity contribution in [3.05, 3.63) is 39.8 Å². The zero-order valence-electron chi connectivity index (χ0n) is 20.3.